The number of ether oxygens (including phenoxy) is 1. The molecule has 2 aliphatic heterocycles. The van der Waals surface area contributed by atoms with Crippen LogP contribution in [0.25, 0.3) is 0 Å². The van der Waals surface area contributed by atoms with Crippen LogP contribution >= 0.6 is 23.5 Å². The van der Waals surface area contributed by atoms with Crippen molar-refractivity contribution >= 4 is 23.5 Å². The van der Waals surface area contributed by atoms with Gasteiger partial charge in [-0.2, -0.15) is 0 Å². The summed E-state index contributed by atoms with van der Waals surface area (Å²) in [7, 11) is 0. The lowest BCUT2D eigenvalue weighted by molar-refractivity contribution is 0.0240. The third-order valence-electron chi connectivity index (χ3n) is 1.53. The van der Waals surface area contributed by atoms with Crippen LogP contribution in [0.5, 0.6) is 0 Å². The predicted molar refractivity (Wildman–Crippen MR) is 42.8 cm³/mol. The lowest BCUT2D eigenvalue weighted by atomic mass is 10.4. The van der Waals surface area contributed by atoms with E-state index < -0.39 is 0 Å². The Morgan fingerprint density at radius 1 is 1.11 bits per heavy atom. The van der Waals surface area contributed by atoms with Gasteiger partial charge in [-0.05, 0) is 13.8 Å². The van der Waals surface area contributed by atoms with E-state index in [0.29, 0.717) is 0 Å². The van der Waals surface area contributed by atoms with Crippen molar-refractivity contribution < 1.29 is 4.74 Å². The monoisotopic (exact) mass is 162 g/mol. The van der Waals surface area contributed by atoms with Gasteiger partial charge >= 0.3 is 0 Å². The summed E-state index contributed by atoms with van der Waals surface area (Å²) >= 11 is 3.80. The molecule has 0 amide bonds. The van der Waals surface area contributed by atoms with Gasteiger partial charge in [0.15, 0.2) is 0 Å². The molecular formula is C6H10OS2. The average molecular weight is 162 g/mol. The zero-order chi connectivity index (χ0) is 6.54. The highest BCUT2D eigenvalue weighted by molar-refractivity contribution is 8.08. The minimum absolute atomic E-state index is 0.193. The molecule has 0 aliphatic carbocycles. The Balaban J connectivity index is 1.90. The van der Waals surface area contributed by atoms with Gasteiger partial charge in [0, 0.05) is 11.5 Å². The molecule has 2 saturated heterocycles. The number of rotatable bonds is 2. The largest absolute Gasteiger partial charge is 0.346 e. The molecule has 2 fully saturated rings. The van der Waals surface area contributed by atoms with Crippen molar-refractivity contribution in [3.63, 3.8) is 0 Å². The van der Waals surface area contributed by atoms with Crippen molar-refractivity contribution in [1.82, 2.24) is 0 Å². The summed E-state index contributed by atoms with van der Waals surface area (Å²) in [5.74, 6) is 2.37. The van der Waals surface area contributed by atoms with E-state index in [2.05, 4.69) is 13.8 Å². The number of hydrogen-bond acceptors (Lipinski definition) is 3. The summed E-state index contributed by atoms with van der Waals surface area (Å²) in [4.78, 5) is 0.385. The molecule has 0 saturated carbocycles. The molecule has 0 radical (unpaired) electrons. The third-order valence-corrected chi connectivity index (χ3v) is 3.90. The summed E-state index contributed by atoms with van der Waals surface area (Å²) in [5.41, 5.74) is 0. The van der Waals surface area contributed by atoms with Crippen LogP contribution in [0.4, 0.5) is 0 Å². The Hall–Kier alpha value is 0.660. The Kier molecular flexibility index (Phi) is 1.15. The maximum atomic E-state index is 5.77. The minimum Gasteiger partial charge on any atom is -0.346 e. The van der Waals surface area contributed by atoms with Crippen LogP contribution < -0.4 is 0 Å². The summed E-state index contributed by atoms with van der Waals surface area (Å²) < 4.78 is 5.77. The highest BCUT2D eigenvalue weighted by atomic mass is 32.2. The molecule has 0 spiro atoms. The van der Waals surface area contributed by atoms with Crippen LogP contribution in [0.1, 0.15) is 13.8 Å². The zero-order valence-corrected chi connectivity index (χ0v) is 7.27. The predicted octanol–water partition coefficient (Wildman–Crippen LogP) is 1.93. The normalized spacial score (nSPS) is 55.3. The molecule has 3 heteroatoms. The fourth-order valence-corrected chi connectivity index (χ4v) is 1.84. The van der Waals surface area contributed by atoms with Crippen LogP contribution in [0.3, 0.4) is 0 Å². The van der Waals surface area contributed by atoms with Crippen molar-refractivity contribution in [3.05, 3.63) is 0 Å². The van der Waals surface area contributed by atoms with Gasteiger partial charge in [0.1, 0.15) is 9.87 Å². The summed E-state index contributed by atoms with van der Waals surface area (Å²) in [5, 5.41) is 0. The first kappa shape index (κ1) is 6.38. The van der Waals surface area contributed by atoms with E-state index in [1.165, 1.54) is 11.5 Å². The van der Waals surface area contributed by atoms with E-state index >= 15 is 0 Å². The molecule has 2 unspecified atom stereocenters. The zero-order valence-electron chi connectivity index (χ0n) is 5.64. The van der Waals surface area contributed by atoms with E-state index in [9.17, 15) is 0 Å². The second-order valence-electron chi connectivity index (χ2n) is 2.95. The molecule has 2 aliphatic rings. The molecule has 2 rings (SSSR count). The van der Waals surface area contributed by atoms with Crippen molar-refractivity contribution in [2.24, 2.45) is 0 Å². The van der Waals surface area contributed by atoms with Gasteiger partial charge in [-0.3, -0.25) is 0 Å². The number of thioether (sulfide) groups is 2. The number of hydrogen-bond donors (Lipinski definition) is 0. The molecule has 0 N–H and O–H groups in total. The van der Waals surface area contributed by atoms with Crippen molar-refractivity contribution in [2.75, 3.05) is 11.5 Å². The minimum atomic E-state index is 0.193. The fourth-order valence-electron chi connectivity index (χ4n) is 0.778. The van der Waals surface area contributed by atoms with Gasteiger partial charge in [-0.25, -0.2) is 0 Å². The molecule has 2 atom stereocenters. The second kappa shape index (κ2) is 1.63. The molecule has 0 aromatic heterocycles. The van der Waals surface area contributed by atoms with Gasteiger partial charge in [0.25, 0.3) is 0 Å². The van der Waals surface area contributed by atoms with E-state index in [1.54, 1.807) is 0 Å². The second-order valence-corrected chi connectivity index (χ2v) is 5.83. The van der Waals surface area contributed by atoms with Crippen LogP contribution in [0.2, 0.25) is 0 Å². The first-order chi connectivity index (χ1) is 4.12. The SMILES string of the molecule is CC1(OC2(C)CS2)CS1. The molecule has 0 bridgehead atoms. The lowest BCUT2D eigenvalue weighted by Crippen LogP contribution is -2.19. The molecule has 9 heavy (non-hydrogen) atoms. The maximum absolute atomic E-state index is 5.77. The smallest absolute Gasteiger partial charge is 0.122 e. The highest BCUT2D eigenvalue weighted by Crippen LogP contribution is 2.55. The first-order valence-electron chi connectivity index (χ1n) is 3.10. The van der Waals surface area contributed by atoms with E-state index in [-0.39, 0.29) is 9.87 Å². The van der Waals surface area contributed by atoms with Gasteiger partial charge in [0.2, 0.25) is 0 Å². The Labute approximate surface area is 63.9 Å². The Morgan fingerprint density at radius 2 is 1.44 bits per heavy atom. The van der Waals surface area contributed by atoms with E-state index in [1.807, 2.05) is 23.5 Å². The first-order valence-corrected chi connectivity index (χ1v) is 5.07. The summed E-state index contributed by atoms with van der Waals surface area (Å²) in [6.07, 6.45) is 0. The average Bonchev–Trinajstić information content (AvgIpc) is 2.55. The van der Waals surface area contributed by atoms with Crippen molar-refractivity contribution in [3.8, 4) is 0 Å². The Morgan fingerprint density at radius 3 is 1.67 bits per heavy atom. The van der Waals surface area contributed by atoms with Crippen LogP contribution in [-0.4, -0.2) is 21.4 Å². The maximum Gasteiger partial charge on any atom is 0.122 e. The molecule has 1 nitrogen and oxygen atoms in total. The third kappa shape index (κ3) is 1.38. The standard InChI is InChI=1S/C6H10OS2/c1-5(3-8-5)7-6(2)4-9-6/h3-4H2,1-2H3. The highest BCUT2D eigenvalue weighted by Gasteiger charge is 2.51. The van der Waals surface area contributed by atoms with Gasteiger partial charge in [0.05, 0.1) is 0 Å². The van der Waals surface area contributed by atoms with Gasteiger partial charge in [-0.15, -0.1) is 23.5 Å². The van der Waals surface area contributed by atoms with Crippen LogP contribution in [0.15, 0.2) is 0 Å². The lowest BCUT2D eigenvalue weighted by Gasteiger charge is -2.13. The Bertz CT molecular complexity index is 122. The quantitative estimate of drug-likeness (QED) is 0.574. The molecular weight excluding hydrogens is 152 g/mol. The molecule has 2 heterocycles. The van der Waals surface area contributed by atoms with Crippen molar-refractivity contribution in [2.45, 2.75) is 23.7 Å². The molecule has 0 aromatic carbocycles. The van der Waals surface area contributed by atoms with Crippen LogP contribution in [0, 0.1) is 0 Å². The topological polar surface area (TPSA) is 9.23 Å². The van der Waals surface area contributed by atoms with Gasteiger partial charge < -0.3 is 4.74 Å². The molecule has 0 aromatic rings. The summed E-state index contributed by atoms with van der Waals surface area (Å²) in [6.45, 7) is 4.34. The fraction of sp³-hybridized carbons (Fsp3) is 1.00. The van der Waals surface area contributed by atoms with E-state index in [4.69, 9.17) is 4.74 Å². The van der Waals surface area contributed by atoms with Crippen LogP contribution in [-0.2, 0) is 4.74 Å². The van der Waals surface area contributed by atoms with Gasteiger partial charge in [-0.1, -0.05) is 0 Å². The van der Waals surface area contributed by atoms with Crippen molar-refractivity contribution in [1.29, 1.82) is 0 Å². The summed E-state index contributed by atoms with van der Waals surface area (Å²) in [6, 6.07) is 0. The van der Waals surface area contributed by atoms with E-state index in [0.717, 1.165) is 0 Å². The molecule has 52 valence electrons.